The minimum Gasteiger partial charge on any atom is -0.508 e. The number of benzene rings is 2. The third-order valence-corrected chi connectivity index (χ3v) is 3.67. The van der Waals surface area contributed by atoms with Crippen molar-refractivity contribution in [2.45, 2.75) is 33.1 Å². The molecule has 2 rings (SSSR count). The molecule has 0 saturated heterocycles. The van der Waals surface area contributed by atoms with Gasteiger partial charge in [0.25, 0.3) is 0 Å². The van der Waals surface area contributed by atoms with Gasteiger partial charge in [-0.15, -0.1) is 0 Å². The normalized spacial score (nSPS) is 11.6. The highest BCUT2D eigenvalue weighted by molar-refractivity contribution is 5.45. The Balaban J connectivity index is 2.53. The second kappa shape index (κ2) is 4.49. The van der Waals surface area contributed by atoms with Gasteiger partial charge in [-0.1, -0.05) is 49.7 Å². The van der Waals surface area contributed by atoms with E-state index >= 15 is 0 Å². The van der Waals surface area contributed by atoms with E-state index < -0.39 is 0 Å². The zero-order chi connectivity index (χ0) is 13.3. The van der Waals surface area contributed by atoms with E-state index in [9.17, 15) is 5.11 Å². The van der Waals surface area contributed by atoms with Gasteiger partial charge >= 0.3 is 0 Å². The van der Waals surface area contributed by atoms with Crippen molar-refractivity contribution < 1.29 is 5.11 Å². The molecule has 0 spiro atoms. The van der Waals surface area contributed by atoms with Crippen LogP contribution in [0, 0.1) is 13.8 Å². The van der Waals surface area contributed by atoms with Crippen LogP contribution >= 0.6 is 0 Å². The van der Waals surface area contributed by atoms with Crippen LogP contribution in [0.2, 0.25) is 0 Å². The molecule has 0 radical (unpaired) electrons. The molecule has 94 valence electrons. The molecule has 1 N–H and O–H groups in total. The molecule has 0 aliphatic rings. The number of phenols is 1. The number of rotatable bonds is 2. The second-order valence-corrected chi connectivity index (χ2v) is 5.49. The van der Waals surface area contributed by atoms with Crippen LogP contribution in [-0.2, 0) is 5.41 Å². The maximum absolute atomic E-state index is 9.69. The second-order valence-electron chi connectivity index (χ2n) is 5.49. The molecule has 0 unspecified atom stereocenters. The Morgan fingerprint density at radius 3 is 2.11 bits per heavy atom. The van der Waals surface area contributed by atoms with Crippen molar-refractivity contribution in [3.63, 3.8) is 0 Å². The summed E-state index contributed by atoms with van der Waals surface area (Å²) in [5.74, 6) is 0.329. The SMILES string of the molecule is Cc1ccc(C(C)(C)c2cc(O)ccc2C)cc1. The Hall–Kier alpha value is -1.76. The van der Waals surface area contributed by atoms with E-state index in [-0.39, 0.29) is 5.41 Å². The standard InChI is InChI=1S/C17H20O/c1-12-5-8-14(9-6-12)17(3,4)16-11-15(18)10-7-13(16)2/h5-11,18H,1-4H3. The van der Waals surface area contributed by atoms with Gasteiger partial charge in [-0.3, -0.25) is 0 Å². The van der Waals surface area contributed by atoms with E-state index in [1.54, 1.807) is 6.07 Å². The van der Waals surface area contributed by atoms with Gasteiger partial charge in [0, 0.05) is 5.41 Å². The van der Waals surface area contributed by atoms with Crippen molar-refractivity contribution in [1.82, 2.24) is 0 Å². The first-order chi connectivity index (χ1) is 8.41. The van der Waals surface area contributed by atoms with Crippen LogP contribution in [0.5, 0.6) is 5.75 Å². The fourth-order valence-electron chi connectivity index (χ4n) is 2.41. The summed E-state index contributed by atoms with van der Waals surface area (Å²) in [4.78, 5) is 0. The van der Waals surface area contributed by atoms with Gasteiger partial charge < -0.3 is 5.11 Å². The highest BCUT2D eigenvalue weighted by Gasteiger charge is 2.24. The van der Waals surface area contributed by atoms with Crippen LogP contribution in [0.15, 0.2) is 42.5 Å². The Morgan fingerprint density at radius 2 is 1.50 bits per heavy atom. The molecule has 0 saturated carbocycles. The molecule has 0 aromatic heterocycles. The molecule has 2 aromatic rings. The Morgan fingerprint density at radius 1 is 0.889 bits per heavy atom. The third-order valence-electron chi connectivity index (χ3n) is 3.67. The van der Waals surface area contributed by atoms with Crippen molar-refractivity contribution in [1.29, 1.82) is 0 Å². The zero-order valence-electron chi connectivity index (χ0n) is 11.5. The molecule has 0 fully saturated rings. The Labute approximate surface area is 109 Å². The van der Waals surface area contributed by atoms with Gasteiger partial charge in [-0.2, -0.15) is 0 Å². The molecule has 1 heteroatoms. The largest absolute Gasteiger partial charge is 0.508 e. The van der Waals surface area contributed by atoms with Gasteiger partial charge in [0.15, 0.2) is 0 Å². The fourth-order valence-corrected chi connectivity index (χ4v) is 2.41. The first-order valence-electron chi connectivity index (χ1n) is 6.28. The topological polar surface area (TPSA) is 20.2 Å². The summed E-state index contributed by atoms with van der Waals surface area (Å²) in [6, 6.07) is 14.2. The molecule has 0 atom stereocenters. The van der Waals surface area contributed by atoms with Crippen LogP contribution < -0.4 is 0 Å². The summed E-state index contributed by atoms with van der Waals surface area (Å²) < 4.78 is 0. The van der Waals surface area contributed by atoms with E-state index in [1.807, 2.05) is 12.1 Å². The smallest absolute Gasteiger partial charge is 0.115 e. The summed E-state index contributed by atoms with van der Waals surface area (Å²) >= 11 is 0. The molecule has 18 heavy (non-hydrogen) atoms. The average Bonchev–Trinajstić information content (AvgIpc) is 2.32. The molecule has 0 aliphatic carbocycles. The number of hydrogen-bond acceptors (Lipinski definition) is 1. The summed E-state index contributed by atoms with van der Waals surface area (Å²) in [7, 11) is 0. The molecule has 0 bridgehead atoms. The number of aromatic hydroxyl groups is 1. The summed E-state index contributed by atoms with van der Waals surface area (Å²) in [6.45, 7) is 8.57. The van der Waals surface area contributed by atoms with Crippen LogP contribution in [-0.4, -0.2) is 5.11 Å². The van der Waals surface area contributed by atoms with Gasteiger partial charge in [-0.05, 0) is 42.7 Å². The van der Waals surface area contributed by atoms with Crippen LogP contribution in [0.4, 0.5) is 0 Å². The molecular weight excluding hydrogens is 220 g/mol. The maximum Gasteiger partial charge on any atom is 0.115 e. The van der Waals surface area contributed by atoms with Crippen LogP contribution in [0.3, 0.4) is 0 Å². The monoisotopic (exact) mass is 240 g/mol. The van der Waals surface area contributed by atoms with Crippen LogP contribution in [0.1, 0.15) is 36.1 Å². The highest BCUT2D eigenvalue weighted by Crippen LogP contribution is 2.35. The number of aryl methyl sites for hydroxylation is 2. The minimum absolute atomic E-state index is 0.101. The summed E-state index contributed by atoms with van der Waals surface area (Å²) in [6.07, 6.45) is 0. The van der Waals surface area contributed by atoms with E-state index in [2.05, 4.69) is 52.0 Å². The van der Waals surface area contributed by atoms with Crippen molar-refractivity contribution in [2.24, 2.45) is 0 Å². The summed E-state index contributed by atoms with van der Waals surface area (Å²) in [5.41, 5.74) is 4.81. The van der Waals surface area contributed by atoms with Crippen LogP contribution in [0.25, 0.3) is 0 Å². The maximum atomic E-state index is 9.69. The molecule has 2 aromatic carbocycles. The minimum atomic E-state index is -0.101. The van der Waals surface area contributed by atoms with E-state index in [0.717, 1.165) is 0 Å². The number of phenolic OH excluding ortho intramolecular Hbond substituents is 1. The van der Waals surface area contributed by atoms with Gasteiger partial charge in [0.2, 0.25) is 0 Å². The summed E-state index contributed by atoms with van der Waals surface area (Å²) in [5, 5.41) is 9.69. The average molecular weight is 240 g/mol. The van der Waals surface area contributed by atoms with Gasteiger partial charge in [-0.25, -0.2) is 0 Å². The first kappa shape index (κ1) is 12.7. The lowest BCUT2D eigenvalue weighted by Gasteiger charge is -2.28. The Kier molecular flexibility index (Phi) is 3.16. The van der Waals surface area contributed by atoms with Gasteiger partial charge in [0.05, 0.1) is 0 Å². The van der Waals surface area contributed by atoms with E-state index in [4.69, 9.17) is 0 Å². The van der Waals surface area contributed by atoms with E-state index in [1.165, 1.54) is 22.3 Å². The Bertz CT molecular complexity index is 550. The molecule has 1 nitrogen and oxygen atoms in total. The van der Waals surface area contributed by atoms with Crippen molar-refractivity contribution in [2.75, 3.05) is 0 Å². The molecule has 0 aliphatic heterocycles. The molecule has 0 amide bonds. The van der Waals surface area contributed by atoms with Gasteiger partial charge in [0.1, 0.15) is 5.75 Å². The molecular formula is C17H20O. The van der Waals surface area contributed by atoms with Crippen molar-refractivity contribution in [3.05, 3.63) is 64.7 Å². The highest BCUT2D eigenvalue weighted by atomic mass is 16.3. The predicted molar refractivity (Wildman–Crippen MR) is 76.2 cm³/mol. The predicted octanol–water partition coefficient (Wildman–Crippen LogP) is 4.33. The first-order valence-corrected chi connectivity index (χ1v) is 6.28. The van der Waals surface area contributed by atoms with Crippen molar-refractivity contribution >= 4 is 0 Å². The lowest BCUT2D eigenvalue weighted by atomic mass is 9.76. The third kappa shape index (κ3) is 2.26. The quantitative estimate of drug-likeness (QED) is 0.828. The lowest BCUT2D eigenvalue weighted by Crippen LogP contribution is -2.20. The lowest BCUT2D eigenvalue weighted by molar-refractivity contribution is 0.472. The molecule has 0 heterocycles. The van der Waals surface area contributed by atoms with Crippen molar-refractivity contribution in [3.8, 4) is 5.75 Å². The van der Waals surface area contributed by atoms with E-state index in [0.29, 0.717) is 5.75 Å². The number of hydrogen-bond donors (Lipinski definition) is 1. The zero-order valence-corrected chi connectivity index (χ0v) is 11.5. The fraction of sp³-hybridized carbons (Fsp3) is 0.294.